The highest BCUT2D eigenvalue weighted by molar-refractivity contribution is 5.76. The number of alkyl halides is 2. The number of rotatable bonds is 6. The summed E-state index contributed by atoms with van der Waals surface area (Å²) in [5.74, 6) is -0.548. The number of halogens is 2. The fourth-order valence-corrected chi connectivity index (χ4v) is 2.25. The average Bonchev–Trinajstić information content (AvgIpc) is 2.37. The molecule has 0 aromatic carbocycles. The molecule has 5 atom stereocenters. The lowest BCUT2D eigenvalue weighted by molar-refractivity contribution is -0.190. The van der Waals surface area contributed by atoms with E-state index in [9.17, 15) is 23.8 Å². The Morgan fingerprint density at radius 3 is 2.52 bits per heavy atom. The van der Waals surface area contributed by atoms with Crippen molar-refractivity contribution in [2.45, 2.75) is 62.7 Å². The maximum Gasteiger partial charge on any atom is 0.300 e. The second-order valence-electron chi connectivity index (χ2n) is 5.25. The molecule has 0 aromatic rings. The van der Waals surface area contributed by atoms with Gasteiger partial charge in [0, 0.05) is 12.8 Å². The van der Waals surface area contributed by atoms with Crippen molar-refractivity contribution in [3.8, 4) is 0 Å². The van der Waals surface area contributed by atoms with Crippen LogP contribution in [0.25, 0.3) is 0 Å². The minimum absolute atomic E-state index is 0.102. The van der Waals surface area contributed by atoms with Crippen LogP contribution in [0.5, 0.6) is 0 Å². The molecule has 0 bridgehead atoms. The van der Waals surface area contributed by atoms with Gasteiger partial charge in [-0.2, -0.15) is 8.78 Å². The number of nitrogens with two attached hydrogens (primary N) is 1. The van der Waals surface area contributed by atoms with Crippen molar-refractivity contribution in [3.63, 3.8) is 0 Å². The minimum Gasteiger partial charge on any atom is -0.394 e. The Morgan fingerprint density at radius 2 is 2.00 bits per heavy atom. The third kappa shape index (κ3) is 5.44. The van der Waals surface area contributed by atoms with E-state index in [0.29, 0.717) is 0 Å². The van der Waals surface area contributed by atoms with Gasteiger partial charge in [-0.25, -0.2) is 0 Å². The van der Waals surface area contributed by atoms with E-state index in [2.05, 4.69) is 11.1 Å². The second-order valence-corrected chi connectivity index (χ2v) is 5.25. The Kier molecular flexibility index (Phi) is 6.41. The van der Waals surface area contributed by atoms with E-state index in [1.807, 2.05) is 0 Å². The summed E-state index contributed by atoms with van der Waals surface area (Å²) < 4.78 is 30.1. The molecule has 1 rings (SSSR count). The van der Waals surface area contributed by atoms with Crippen LogP contribution < -0.4 is 11.1 Å². The number of ether oxygens (including phenoxy) is 1. The van der Waals surface area contributed by atoms with Gasteiger partial charge in [0.15, 0.2) is 0 Å². The average molecular weight is 312 g/mol. The minimum atomic E-state index is -3.31. The smallest absolute Gasteiger partial charge is 0.300 e. The Hall–Kier alpha value is -0.870. The van der Waals surface area contributed by atoms with E-state index in [-0.39, 0.29) is 12.8 Å². The van der Waals surface area contributed by atoms with Gasteiger partial charge in [-0.15, -0.1) is 0 Å². The van der Waals surface area contributed by atoms with Gasteiger partial charge in [0.05, 0.1) is 18.8 Å². The molecule has 0 aromatic heterocycles. The summed E-state index contributed by atoms with van der Waals surface area (Å²) >= 11 is 0. The van der Waals surface area contributed by atoms with Crippen molar-refractivity contribution < 1.29 is 33.6 Å². The van der Waals surface area contributed by atoms with Gasteiger partial charge in [0.25, 0.3) is 6.05 Å². The maximum absolute atomic E-state index is 12.4. The Labute approximate surface area is 121 Å². The standard InChI is InChI=1S/C12H22F2N2O5/c1-6-9(11(20)10(19)7(5-17)21-6)16-8(18)3-2-4-12(13,14)15/h6-7,9-11,17,19-20H,2-5,15H2,1H3,(H,16,18). The highest BCUT2D eigenvalue weighted by Gasteiger charge is 2.42. The Bertz CT molecular complexity index is 353. The largest absolute Gasteiger partial charge is 0.394 e. The van der Waals surface area contributed by atoms with Crippen molar-refractivity contribution in [1.82, 2.24) is 5.32 Å². The summed E-state index contributed by atoms with van der Waals surface area (Å²) in [5, 5.41) is 31.1. The molecule has 1 aliphatic heterocycles. The third-order valence-corrected chi connectivity index (χ3v) is 3.42. The number of hydrogen-bond donors (Lipinski definition) is 5. The normalized spacial score (nSPS) is 33.8. The molecule has 1 amide bonds. The van der Waals surface area contributed by atoms with Gasteiger partial charge in [-0.1, -0.05) is 0 Å². The van der Waals surface area contributed by atoms with Gasteiger partial charge in [-0.3, -0.25) is 10.5 Å². The van der Waals surface area contributed by atoms with Crippen LogP contribution in [-0.2, 0) is 9.53 Å². The van der Waals surface area contributed by atoms with Gasteiger partial charge in [-0.05, 0) is 13.3 Å². The summed E-state index contributed by atoms with van der Waals surface area (Å²) in [4.78, 5) is 11.7. The zero-order valence-electron chi connectivity index (χ0n) is 11.7. The molecule has 124 valence electrons. The molecule has 0 spiro atoms. The molecule has 1 fully saturated rings. The summed E-state index contributed by atoms with van der Waals surface area (Å²) in [6.45, 7) is 1.10. The van der Waals surface area contributed by atoms with E-state index >= 15 is 0 Å². The summed E-state index contributed by atoms with van der Waals surface area (Å²) in [6, 6.07) is -4.19. The van der Waals surface area contributed by atoms with Crippen LogP contribution >= 0.6 is 0 Å². The molecule has 1 aliphatic rings. The van der Waals surface area contributed by atoms with E-state index in [4.69, 9.17) is 9.84 Å². The fourth-order valence-electron chi connectivity index (χ4n) is 2.25. The molecule has 0 radical (unpaired) electrons. The molecule has 9 heteroatoms. The fraction of sp³-hybridized carbons (Fsp3) is 0.917. The molecular formula is C12H22F2N2O5. The summed E-state index contributed by atoms with van der Waals surface area (Å²) in [5.41, 5.74) is 4.52. The van der Waals surface area contributed by atoms with Crippen molar-refractivity contribution in [2.75, 3.05) is 6.61 Å². The van der Waals surface area contributed by atoms with Gasteiger partial charge in [0.2, 0.25) is 5.91 Å². The predicted molar refractivity (Wildman–Crippen MR) is 68.4 cm³/mol. The number of aliphatic hydroxyl groups is 3. The van der Waals surface area contributed by atoms with E-state index in [0.717, 1.165) is 0 Å². The van der Waals surface area contributed by atoms with E-state index in [1.165, 1.54) is 0 Å². The van der Waals surface area contributed by atoms with Crippen LogP contribution in [0.15, 0.2) is 0 Å². The Morgan fingerprint density at radius 1 is 1.38 bits per heavy atom. The number of nitrogens with one attached hydrogen (secondary N) is 1. The Balaban J connectivity index is 2.47. The van der Waals surface area contributed by atoms with E-state index < -0.39 is 55.4 Å². The van der Waals surface area contributed by atoms with Gasteiger partial charge >= 0.3 is 0 Å². The SMILES string of the molecule is CC1OC(CO)C(O)C(O)C1NC(=O)CCCC(N)(F)F. The van der Waals surface area contributed by atoms with Crippen LogP contribution in [0.1, 0.15) is 26.2 Å². The van der Waals surface area contributed by atoms with Gasteiger partial charge in [0.1, 0.15) is 18.3 Å². The third-order valence-electron chi connectivity index (χ3n) is 3.42. The number of aliphatic hydroxyl groups excluding tert-OH is 3. The molecule has 0 aliphatic carbocycles. The van der Waals surface area contributed by atoms with Crippen molar-refractivity contribution in [2.24, 2.45) is 5.73 Å². The molecule has 7 nitrogen and oxygen atoms in total. The first-order valence-corrected chi connectivity index (χ1v) is 6.74. The molecule has 5 unspecified atom stereocenters. The predicted octanol–water partition coefficient (Wildman–Crippen LogP) is -1.31. The highest BCUT2D eigenvalue weighted by atomic mass is 19.3. The van der Waals surface area contributed by atoms with Crippen LogP contribution in [0.4, 0.5) is 8.78 Å². The van der Waals surface area contributed by atoms with Crippen LogP contribution in [0.2, 0.25) is 0 Å². The van der Waals surface area contributed by atoms with Crippen LogP contribution in [0, 0.1) is 0 Å². The molecule has 1 saturated heterocycles. The van der Waals surface area contributed by atoms with Crippen molar-refractivity contribution in [3.05, 3.63) is 0 Å². The second kappa shape index (κ2) is 7.41. The van der Waals surface area contributed by atoms with Crippen molar-refractivity contribution >= 4 is 5.91 Å². The first-order valence-electron chi connectivity index (χ1n) is 6.74. The number of carbonyl (C=O) groups excluding carboxylic acids is 1. The lowest BCUT2D eigenvalue weighted by Crippen LogP contribution is -2.63. The highest BCUT2D eigenvalue weighted by Crippen LogP contribution is 2.21. The molecule has 6 N–H and O–H groups in total. The van der Waals surface area contributed by atoms with Crippen LogP contribution in [-0.4, -0.2) is 64.3 Å². The van der Waals surface area contributed by atoms with Crippen molar-refractivity contribution in [1.29, 1.82) is 0 Å². The first kappa shape index (κ1) is 18.2. The first-order chi connectivity index (χ1) is 9.65. The molecule has 0 saturated carbocycles. The van der Waals surface area contributed by atoms with Crippen LogP contribution in [0.3, 0.4) is 0 Å². The molecular weight excluding hydrogens is 290 g/mol. The zero-order valence-corrected chi connectivity index (χ0v) is 11.7. The summed E-state index contributed by atoms with van der Waals surface area (Å²) in [7, 11) is 0. The lowest BCUT2D eigenvalue weighted by Gasteiger charge is -2.41. The monoisotopic (exact) mass is 312 g/mol. The zero-order chi connectivity index (χ0) is 16.2. The number of hydrogen-bond acceptors (Lipinski definition) is 6. The maximum atomic E-state index is 12.4. The topological polar surface area (TPSA) is 125 Å². The lowest BCUT2D eigenvalue weighted by atomic mass is 9.93. The molecule has 1 heterocycles. The van der Waals surface area contributed by atoms with Gasteiger partial charge < -0.3 is 25.4 Å². The molecule has 21 heavy (non-hydrogen) atoms. The van der Waals surface area contributed by atoms with E-state index in [1.54, 1.807) is 6.92 Å². The quantitative estimate of drug-likeness (QED) is 0.388. The number of amides is 1. The summed E-state index contributed by atoms with van der Waals surface area (Å²) in [6.07, 6.45) is -5.12. The number of carbonyl (C=O) groups is 1.